The van der Waals surface area contributed by atoms with Crippen molar-refractivity contribution in [2.45, 2.75) is 36.8 Å². The van der Waals surface area contributed by atoms with Crippen molar-refractivity contribution in [3.8, 4) is 0 Å². The predicted molar refractivity (Wildman–Crippen MR) is 38.0 cm³/mol. The molecule has 0 aromatic rings. The Morgan fingerprint density at radius 2 is 2.30 bits per heavy atom. The molecule has 1 N–H and O–H groups in total. The van der Waals surface area contributed by atoms with Crippen LogP contribution in [0.3, 0.4) is 0 Å². The molecule has 10 heavy (non-hydrogen) atoms. The lowest BCUT2D eigenvalue weighted by Gasteiger charge is -2.29. The Bertz CT molecular complexity index is 145. The van der Waals surface area contributed by atoms with Gasteiger partial charge in [0.2, 0.25) is 0 Å². The fourth-order valence-electron chi connectivity index (χ4n) is 1.66. The zero-order valence-corrected chi connectivity index (χ0v) is 5.92. The van der Waals surface area contributed by atoms with Gasteiger partial charge in [-0.05, 0) is 25.1 Å². The van der Waals surface area contributed by atoms with Gasteiger partial charge >= 0.3 is 0 Å². The third-order valence-electron chi connectivity index (χ3n) is 2.55. The summed E-state index contributed by atoms with van der Waals surface area (Å²) >= 11 is 0. The summed E-state index contributed by atoms with van der Waals surface area (Å²) in [5.74, 6) is -0.0590. The molecule has 3 unspecified atom stereocenters. The Labute approximate surface area is 62.0 Å². The van der Waals surface area contributed by atoms with E-state index in [0.29, 0.717) is 0 Å². The predicted octanol–water partition coefficient (Wildman–Crippen LogP) is 0.257. The molecule has 0 aromatic carbocycles. The van der Waals surface area contributed by atoms with E-state index in [1.54, 1.807) is 0 Å². The number of rotatable bonds is 0. The lowest BCUT2D eigenvalue weighted by molar-refractivity contribution is 0.0932. The van der Waals surface area contributed by atoms with E-state index >= 15 is 0 Å². The highest BCUT2D eigenvalue weighted by molar-refractivity contribution is 6.12. The van der Waals surface area contributed by atoms with E-state index in [0.717, 1.165) is 25.9 Å². The summed E-state index contributed by atoms with van der Waals surface area (Å²) in [6, 6.07) is 0. The maximum atomic E-state index is 9.26. The smallest absolute Gasteiger partial charge is 0.0914 e. The number of ether oxygens (including phenoxy) is 1. The first kappa shape index (κ1) is 6.68. The van der Waals surface area contributed by atoms with Crippen LogP contribution in [0.25, 0.3) is 0 Å². The van der Waals surface area contributed by atoms with Gasteiger partial charge in [-0.15, -0.1) is 0 Å². The summed E-state index contributed by atoms with van der Waals surface area (Å²) in [5.41, 5.74) is 0.0959. The van der Waals surface area contributed by atoms with Crippen LogP contribution in [0.15, 0.2) is 0 Å². The molecule has 1 spiro atoms. The minimum absolute atomic E-state index is 0.0590. The molecule has 1 saturated carbocycles. The monoisotopic (exact) mass is 138 g/mol. The van der Waals surface area contributed by atoms with Gasteiger partial charge < -0.3 is 9.84 Å². The fraction of sp³-hybridized carbons (Fsp3) is 1.00. The van der Waals surface area contributed by atoms with Crippen molar-refractivity contribution in [3.63, 3.8) is 0 Å². The first-order valence-electron chi connectivity index (χ1n) is 3.79. The number of aliphatic hydroxyl groups excluding tert-OH is 1. The van der Waals surface area contributed by atoms with Crippen LogP contribution in [0.2, 0.25) is 5.82 Å². The van der Waals surface area contributed by atoms with E-state index in [1.165, 1.54) is 0 Å². The summed E-state index contributed by atoms with van der Waals surface area (Å²) in [6.07, 6.45) is 2.34. The highest BCUT2D eigenvalue weighted by atomic mass is 16.6. The van der Waals surface area contributed by atoms with Gasteiger partial charge in [-0.2, -0.15) is 0 Å². The third-order valence-corrected chi connectivity index (χ3v) is 2.55. The minimum Gasteiger partial charge on any atom is -0.394 e. The first-order valence-corrected chi connectivity index (χ1v) is 3.79. The zero-order chi connectivity index (χ0) is 7.19. The molecular formula is C7H11BO2. The number of epoxide rings is 1. The second-order valence-electron chi connectivity index (χ2n) is 3.45. The molecule has 54 valence electrons. The molecule has 2 radical (unpaired) electrons. The van der Waals surface area contributed by atoms with Crippen molar-refractivity contribution >= 4 is 7.85 Å². The normalized spacial score (nSPS) is 53.3. The van der Waals surface area contributed by atoms with E-state index in [1.807, 2.05) is 0 Å². The number of aliphatic hydroxyl groups is 1. The van der Waals surface area contributed by atoms with E-state index in [4.69, 9.17) is 12.6 Å². The van der Waals surface area contributed by atoms with Crippen LogP contribution in [0.1, 0.15) is 19.3 Å². The van der Waals surface area contributed by atoms with Gasteiger partial charge in [0, 0.05) is 6.10 Å². The van der Waals surface area contributed by atoms with E-state index in [2.05, 4.69) is 0 Å². The molecular weight excluding hydrogens is 127 g/mol. The second kappa shape index (κ2) is 1.99. The number of hydrogen-bond donors (Lipinski definition) is 1. The summed E-state index contributed by atoms with van der Waals surface area (Å²) in [6.45, 7) is 0.855. The van der Waals surface area contributed by atoms with Crippen molar-refractivity contribution in [2.24, 2.45) is 0 Å². The van der Waals surface area contributed by atoms with E-state index in [-0.39, 0.29) is 17.5 Å². The molecule has 2 fully saturated rings. The summed E-state index contributed by atoms with van der Waals surface area (Å²) < 4.78 is 5.26. The second-order valence-corrected chi connectivity index (χ2v) is 3.45. The van der Waals surface area contributed by atoms with E-state index in [9.17, 15) is 5.11 Å². The maximum absolute atomic E-state index is 9.26. The zero-order valence-electron chi connectivity index (χ0n) is 5.92. The SMILES string of the molecule is [B]C1CC2(CCC1O)CO2. The van der Waals surface area contributed by atoms with Crippen molar-refractivity contribution < 1.29 is 9.84 Å². The summed E-state index contributed by atoms with van der Waals surface area (Å²) in [7, 11) is 5.66. The lowest BCUT2D eigenvalue weighted by Crippen LogP contribution is -2.30. The van der Waals surface area contributed by atoms with Crippen LogP contribution in [0.5, 0.6) is 0 Å². The van der Waals surface area contributed by atoms with Crippen LogP contribution in [0.4, 0.5) is 0 Å². The third kappa shape index (κ3) is 0.975. The first-order chi connectivity index (χ1) is 4.72. The quantitative estimate of drug-likeness (QED) is 0.384. The molecule has 3 atom stereocenters. The Morgan fingerprint density at radius 1 is 1.60 bits per heavy atom. The van der Waals surface area contributed by atoms with Gasteiger partial charge in [0.15, 0.2) is 0 Å². The molecule has 0 aromatic heterocycles. The van der Waals surface area contributed by atoms with Gasteiger partial charge in [-0.25, -0.2) is 0 Å². The van der Waals surface area contributed by atoms with Crippen LogP contribution >= 0.6 is 0 Å². The standard InChI is InChI=1S/C7H11BO2/c8-5-3-7(4-10-7)2-1-6(5)9/h5-6,9H,1-4H2. The Morgan fingerprint density at radius 3 is 2.80 bits per heavy atom. The summed E-state index contributed by atoms with van der Waals surface area (Å²) in [5, 5.41) is 9.26. The molecule has 1 heterocycles. The topological polar surface area (TPSA) is 32.8 Å². The highest BCUT2D eigenvalue weighted by Crippen LogP contribution is 2.45. The molecule has 2 nitrogen and oxygen atoms in total. The van der Waals surface area contributed by atoms with Crippen molar-refractivity contribution in [1.82, 2.24) is 0 Å². The molecule has 2 rings (SSSR count). The van der Waals surface area contributed by atoms with E-state index < -0.39 is 0 Å². The maximum Gasteiger partial charge on any atom is 0.0914 e. The molecule has 0 bridgehead atoms. The van der Waals surface area contributed by atoms with Crippen molar-refractivity contribution in [1.29, 1.82) is 0 Å². The van der Waals surface area contributed by atoms with Crippen molar-refractivity contribution in [3.05, 3.63) is 0 Å². The van der Waals surface area contributed by atoms with Crippen LogP contribution in [-0.4, -0.2) is 31.3 Å². The minimum atomic E-state index is -0.296. The molecule has 1 saturated heterocycles. The van der Waals surface area contributed by atoms with Crippen molar-refractivity contribution in [2.75, 3.05) is 6.61 Å². The molecule has 1 aliphatic heterocycles. The fourth-order valence-corrected chi connectivity index (χ4v) is 1.66. The Kier molecular flexibility index (Phi) is 1.33. The molecule has 3 heteroatoms. The average Bonchev–Trinajstić information content (AvgIpc) is 2.62. The molecule has 2 aliphatic rings. The largest absolute Gasteiger partial charge is 0.394 e. The molecule has 1 aliphatic carbocycles. The van der Waals surface area contributed by atoms with Gasteiger partial charge in [-0.3, -0.25) is 0 Å². The summed E-state index contributed by atoms with van der Waals surface area (Å²) in [4.78, 5) is 0. The van der Waals surface area contributed by atoms with Gasteiger partial charge in [0.1, 0.15) is 0 Å². The van der Waals surface area contributed by atoms with Crippen LogP contribution in [0, 0.1) is 0 Å². The number of hydrogen-bond acceptors (Lipinski definition) is 2. The van der Waals surface area contributed by atoms with Crippen LogP contribution in [-0.2, 0) is 4.74 Å². The average molecular weight is 138 g/mol. The van der Waals surface area contributed by atoms with Crippen LogP contribution < -0.4 is 0 Å². The Balaban J connectivity index is 1.98. The Hall–Kier alpha value is -0.0151. The van der Waals surface area contributed by atoms with Gasteiger partial charge in [0.25, 0.3) is 0 Å². The lowest BCUT2D eigenvalue weighted by atomic mass is 9.69. The van der Waals surface area contributed by atoms with Gasteiger partial charge in [0.05, 0.1) is 20.1 Å². The van der Waals surface area contributed by atoms with Gasteiger partial charge in [-0.1, -0.05) is 0 Å². The molecule has 0 amide bonds. The highest BCUT2D eigenvalue weighted by Gasteiger charge is 2.48.